The molecule has 1 saturated carbocycles. The van der Waals surface area contributed by atoms with Gasteiger partial charge in [-0.2, -0.15) is 0 Å². The third-order valence-corrected chi connectivity index (χ3v) is 4.55. The SMILES string of the molecule is NC(=O)C1CCC2C(=CC=C3C=CCCC32)C1. The molecule has 2 nitrogen and oxygen atoms in total. The average Bonchev–Trinajstić information content (AvgIpc) is 2.38. The number of hydrogen-bond acceptors (Lipinski definition) is 1. The van der Waals surface area contributed by atoms with Gasteiger partial charge in [-0.15, -0.1) is 0 Å². The number of amides is 1. The molecule has 17 heavy (non-hydrogen) atoms. The van der Waals surface area contributed by atoms with Crippen molar-refractivity contribution in [3.05, 3.63) is 35.5 Å². The second-order valence-electron chi connectivity index (χ2n) is 5.48. The molecule has 0 aromatic heterocycles. The maximum atomic E-state index is 11.3. The first-order chi connectivity index (χ1) is 8.25. The van der Waals surface area contributed by atoms with Gasteiger partial charge in [0, 0.05) is 5.92 Å². The molecule has 0 aromatic rings. The Bertz CT molecular complexity index is 430. The van der Waals surface area contributed by atoms with Crippen molar-refractivity contribution < 1.29 is 4.79 Å². The summed E-state index contributed by atoms with van der Waals surface area (Å²) in [6, 6.07) is 0. The van der Waals surface area contributed by atoms with Gasteiger partial charge in [0.1, 0.15) is 0 Å². The summed E-state index contributed by atoms with van der Waals surface area (Å²) in [5, 5.41) is 0. The van der Waals surface area contributed by atoms with Crippen molar-refractivity contribution in [1.82, 2.24) is 0 Å². The minimum atomic E-state index is -0.123. The Kier molecular flexibility index (Phi) is 2.65. The molecule has 0 aromatic carbocycles. The third kappa shape index (κ3) is 1.86. The quantitative estimate of drug-likeness (QED) is 0.738. The number of carbonyl (C=O) groups excluding carboxylic acids is 1. The van der Waals surface area contributed by atoms with Gasteiger partial charge in [-0.05, 0) is 49.5 Å². The van der Waals surface area contributed by atoms with E-state index in [-0.39, 0.29) is 11.8 Å². The van der Waals surface area contributed by atoms with Crippen molar-refractivity contribution in [1.29, 1.82) is 0 Å². The third-order valence-electron chi connectivity index (χ3n) is 4.55. The van der Waals surface area contributed by atoms with Crippen LogP contribution in [0.3, 0.4) is 0 Å². The van der Waals surface area contributed by atoms with Gasteiger partial charge in [0.25, 0.3) is 0 Å². The average molecular weight is 229 g/mol. The van der Waals surface area contributed by atoms with E-state index in [0.717, 1.165) is 19.3 Å². The lowest BCUT2D eigenvalue weighted by Gasteiger charge is -2.39. The maximum absolute atomic E-state index is 11.3. The van der Waals surface area contributed by atoms with Gasteiger partial charge >= 0.3 is 0 Å². The fraction of sp³-hybridized carbons (Fsp3) is 0.533. The number of fused-ring (bicyclic) bond motifs is 3. The summed E-state index contributed by atoms with van der Waals surface area (Å²) in [7, 11) is 0. The summed E-state index contributed by atoms with van der Waals surface area (Å²) in [4.78, 5) is 11.3. The molecule has 3 rings (SSSR count). The normalized spacial score (nSPS) is 35.4. The number of rotatable bonds is 1. The van der Waals surface area contributed by atoms with E-state index >= 15 is 0 Å². The highest BCUT2D eigenvalue weighted by Gasteiger charge is 2.35. The lowest BCUT2D eigenvalue weighted by atomic mass is 9.65. The van der Waals surface area contributed by atoms with Crippen molar-refractivity contribution >= 4 is 5.91 Å². The van der Waals surface area contributed by atoms with Gasteiger partial charge < -0.3 is 5.73 Å². The largest absolute Gasteiger partial charge is 0.369 e. The molecular formula is C15H19NO. The van der Waals surface area contributed by atoms with Crippen molar-refractivity contribution in [3.63, 3.8) is 0 Å². The van der Waals surface area contributed by atoms with Crippen molar-refractivity contribution in [2.75, 3.05) is 0 Å². The molecule has 3 aliphatic rings. The summed E-state index contributed by atoms with van der Waals surface area (Å²) < 4.78 is 0. The molecule has 0 saturated heterocycles. The van der Waals surface area contributed by atoms with Crippen LogP contribution in [0.5, 0.6) is 0 Å². The molecule has 3 unspecified atom stereocenters. The van der Waals surface area contributed by atoms with Crippen LogP contribution < -0.4 is 5.73 Å². The molecule has 1 fully saturated rings. The van der Waals surface area contributed by atoms with E-state index in [9.17, 15) is 4.79 Å². The Morgan fingerprint density at radius 1 is 1.18 bits per heavy atom. The van der Waals surface area contributed by atoms with Gasteiger partial charge in [0.05, 0.1) is 0 Å². The van der Waals surface area contributed by atoms with E-state index in [4.69, 9.17) is 5.73 Å². The molecule has 3 atom stereocenters. The fourth-order valence-corrected chi connectivity index (χ4v) is 3.60. The molecule has 3 aliphatic carbocycles. The van der Waals surface area contributed by atoms with E-state index in [0.29, 0.717) is 11.8 Å². The summed E-state index contributed by atoms with van der Waals surface area (Å²) >= 11 is 0. The van der Waals surface area contributed by atoms with Crippen LogP contribution in [0.25, 0.3) is 0 Å². The highest BCUT2D eigenvalue weighted by atomic mass is 16.1. The summed E-state index contributed by atoms with van der Waals surface area (Å²) in [6.45, 7) is 0. The molecule has 0 heterocycles. The van der Waals surface area contributed by atoms with Gasteiger partial charge in [0.15, 0.2) is 0 Å². The van der Waals surface area contributed by atoms with Gasteiger partial charge in [-0.1, -0.05) is 29.9 Å². The number of hydrogen-bond donors (Lipinski definition) is 1. The molecular weight excluding hydrogens is 210 g/mol. The minimum absolute atomic E-state index is 0.0755. The summed E-state index contributed by atoms with van der Waals surface area (Å²) in [5.41, 5.74) is 8.38. The van der Waals surface area contributed by atoms with E-state index in [1.165, 1.54) is 24.0 Å². The van der Waals surface area contributed by atoms with E-state index < -0.39 is 0 Å². The minimum Gasteiger partial charge on any atom is -0.369 e. The monoisotopic (exact) mass is 229 g/mol. The molecule has 90 valence electrons. The van der Waals surface area contributed by atoms with Crippen LogP contribution in [0.15, 0.2) is 35.5 Å². The summed E-state index contributed by atoms with van der Waals surface area (Å²) in [5.74, 6) is 1.33. The number of carbonyl (C=O) groups is 1. The zero-order valence-corrected chi connectivity index (χ0v) is 10.1. The van der Waals surface area contributed by atoms with Crippen LogP contribution in [0, 0.1) is 17.8 Å². The smallest absolute Gasteiger partial charge is 0.220 e. The van der Waals surface area contributed by atoms with Crippen LogP contribution in [0.4, 0.5) is 0 Å². The Balaban J connectivity index is 1.85. The number of allylic oxidation sites excluding steroid dienone is 6. The number of primary amides is 1. The molecule has 0 radical (unpaired) electrons. The van der Waals surface area contributed by atoms with Crippen LogP contribution in [-0.4, -0.2) is 5.91 Å². The van der Waals surface area contributed by atoms with Gasteiger partial charge in [0.2, 0.25) is 5.91 Å². The van der Waals surface area contributed by atoms with E-state index in [1.54, 1.807) is 0 Å². The zero-order chi connectivity index (χ0) is 11.8. The van der Waals surface area contributed by atoms with E-state index in [1.807, 2.05) is 0 Å². The predicted octanol–water partition coefficient (Wildman–Crippen LogP) is 2.72. The lowest BCUT2D eigenvalue weighted by molar-refractivity contribution is -0.122. The van der Waals surface area contributed by atoms with E-state index in [2.05, 4.69) is 24.3 Å². The summed E-state index contributed by atoms with van der Waals surface area (Å²) in [6.07, 6.45) is 14.5. The van der Waals surface area contributed by atoms with Crippen molar-refractivity contribution in [2.24, 2.45) is 23.5 Å². The van der Waals surface area contributed by atoms with Crippen LogP contribution >= 0.6 is 0 Å². The predicted molar refractivity (Wildman–Crippen MR) is 68.1 cm³/mol. The first kappa shape index (κ1) is 10.8. The fourth-order valence-electron chi connectivity index (χ4n) is 3.60. The molecule has 1 amide bonds. The topological polar surface area (TPSA) is 43.1 Å². The molecule has 0 spiro atoms. The van der Waals surface area contributed by atoms with Crippen molar-refractivity contribution in [2.45, 2.75) is 32.1 Å². The second-order valence-corrected chi connectivity index (χ2v) is 5.48. The van der Waals surface area contributed by atoms with Crippen molar-refractivity contribution in [3.8, 4) is 0 Å². The Morgan fingerprint density at radius 2 is 2.06 bits per heavy atom. The number of nitrogens with two attached hydrogens (primary N) is 1. The lowest BCUT2D eigenvalue weighted by Crippen LogP contribution is -2.33. The first-order valence-corrected chi connectivity index (χ1v) is 6.62. The van der Waals surface area contributed by atoms with Crippen LogP contribution in [0.2, 0.25) is 0 Å². The first-order valence-electron chi connectivity index (χ1n) is 6.62. The highest BCUT2D eigenvalue weighted by Crippen LogP contribution is 2.45. The van der Waals surface area contributed by atoms with Gasteiger partial charge in [-0.3, -0.25) is 4.79 Å². The Hall–Kier alpha value is -1.31. The Labute approximate surface area is 102 Å². The van der Waals surface area contributed by atoms with Crippen LogP contribution in [-0.2, 0) is 4.79 Å². The standard InChI is InChI=1S/C15H19NO/c16-15(17)12-7-8-14-11(9-12)6-5-10-3-1-2-4-13(10)14/h1,3,5-6,12-14H,2,4,7-9H2,(H2,16,17). The van der Waals surface area contributed by atoms with Crippen LogP contribution in [0.1, 0.15) is 32.1 Å². The second kappa shape index (κ2) is 4.17. The molecule has 2 N–H and O–H groups in total. The molecule has 0 bridgehead atoms. The highest BCUT2D eigenvalue weighted by molar-refractivity contribution is 5.77. The van der Waals surface area contributed by atoms with Gasteiger partial charge in [-0.25, -0.2) is 0 Å². The zero-order valence-electron chi connectivity index (χ0n) is 10.1. The molecule has 0 aliphatic heterocycles. The Morgan fingerprint density at radius 3 is 2.88 bits per heavy atom. The molecule has 2 heteroatoms. The maximum Gasteiger partial charge on any atom is 0.220 e.